The van der Waals surface area contributed by atoms with Gasteiger partial charge >= 0.3 is 12.1 Å². The highest BCUT2D eigenvalue weighted by molar-refractivity contribution is 5.66. The number of nitrogens with zero attached hydrogens (tertiary/aromatic N) is 8. The van der Waals surface area contributed by atoms with Crippen molar-refractivity contribution >= 4 is 17.6 Å². The molecule has 34 heavy (non-hydrogen) atoms. The number of halogens is 4. The summed E-state index contributed by atoms with van der Waals surface area (Å²) in [6.07, 6.45) is -1.55. The Morgan fingerprint density at radius 3 is 2.32 bits per heavy atom. The molecular formula is C20H18F4N8O2. The van der Waals surface area contributed by atoms with Crippen LogP contribution in [-0.2, 0) is 17.5 Å². The van der Waals surface area contributed by atoms with Crippen LogP contribution in [0.1, 0.15) is 5.56 Å². The summed E-state index contributed by atoms with van der Waals surface area (Å²) in [6, 6.07) is 2.56. The number of tetrazole rings is 1. The Morgan fingerprint density at radius 1 is 1.06 bits per heavy atom. The van der Waals surface area contributed by atoms with E-state index in [1.165, 1.54) is 12.4 Å². The largest absolute Gasteiger partial charge is 0.480 e. The number of benzene rings is 1. The minimum atomic E-state index is -4.56. The summed E-state index contributed by atoms with van der Waals surface area (Å²) in [5, 5.41) is 20.2. The van der Waals surface area contributed by atoms with Crippen molar-refractivity contribution in [1.29, 1.82) is 0 Å². The van der Waals surface area contributed by atoms with Gasteiger partial charge in [-0.15, -0.1) is 10.2 Å². The lowest BCUT2D eigenvalue weighted by Gasteiger charge is -2.26. The molecule has 2 aromatic heterocycles. The van der Waals surface area contributed by atoms with Gasteiger partial charge in [0.05, 0.1) is 16.8 Å². The second-order valence-electron chi connectivity index (χ2n) is 8.30. The fraction of sp³-hybridized carbons (Fsp3) is 0.400. The molecular weight excluding hydrogens is 460 g/mol. The average Bonchev–Trinajstić information content (AvgIpc) is 3.47. The summed E-state index contributed by atoms with van der Waals surface area (Å²) in [6.45, 7) is 1.46. The molecule has 0 radical (unpaired) electrons. The van der Waals surface area contributed by atoms with Gasteiger partial charge in [-0.1, -0.05) is 0 Å². The monoisotopic (exact) mass is 478 g/mol. The van der Waals surface area contributed by atoms with Crippen LogP contribution in [0.2, 0.25) is 0 Å². The molecule has 2 unspecified atom stereocenters. The van der Waals surface area contributed by atoms with Gasteiger partial charge in [0, 0.05) is 50.4 Å². The molecule has 10 nitrogen and oxygen atoms in total. The predicted molar refractivity (Wildman–Crippen MR) is 109 cm³/mol. The van der Waals surface area contributed by atoms with Crippen molar-refractivity contribution < 1.29 is 27.5 Å². The summed E-state index contributed by atoms with van der Waals surface area (Å²) in [5.74, 6) is -0.967. The predicted octanol–water partition coefficient (Wildman–Crippen LogP) is 1.95. The highest BCUT2D eigenvalue weighted by atomic mass is 19.4. The fourth-order valence-corrected chi connectivity index (χ4v) is 4.51. The molecule has 3 aromatic rings. The van der Waals surface area contributed by atoms with Gasteiger partial charge in [-0.3, -0.25) is 4.79 Å². The van der Waals surface area contributed by atoms with Crippen molar-refractivity contribution in [3.05, 3.63) is 42.0 Å². The molecule has 0 aliphatic carbocycles. The first-order valence-electron chi connectivity index (χ1n) is 10.4. The third-order valence-electron chi connectivity index (χ3n) is 6.00. The Bertz CT molecular complexity index is 1200. The number of rotatable bonds is 5. The van der Waals surface area contributed by atoms with Crippen molar-refractivity contribution in [2.75, 3.05) is 36.0 Å². The second-order valence-corrected chi connectivity index (χ2v) is 8.30. The van der Waals surface area contributed by atoms with Gasteiger partial charge in [-0.05, 0) is 23.4 Å². The molecule has 0 amide bonds. The lowest BCUT2D eigenvalue weighted by atomic mass is 10.0. The van der Waals surface area contributed by atoms with Crippen LogP contribution in [0.4, 0.5) is 29.2 Å². The third-order valence-corrected chi connectivity index (χ3v) is 6.00. The van der Waals surface area contributed by atoms with E-state index in [9.17, 15) is 22.4 Å². The number of carbonyl (C=O) groups is 1. The van der Waals surface area contributed by atoms with Gasteiger partial charge in [-0.25, -0.2) is 14.4 Å². The molecule has 0 spiro atoms. The maximum Gasteiger partial charge on any atom is 0.418 e. The Morgan fingerprint density at radius 2 is 1.71 bits per heavy atom. The van der Waals surface area contributed by atoms with E-state index in [1.807, 2.05) is 4.90 Å². The summed E-state index contributed by atoms with van der Waals surface area (Å²) >= 11 is 0. The SMILES string of the molecule is O=C(O)Cn1nnc(-c2cnc(N3CC4CN(c5cc(F)ccc5C(F)(F)F)CC4C3)nc2)n1. The topological polar surface area (TPSA) is 113 Å². The molecule has 14 heteroatoms. The Labute approximate surface area is 189 Å². The summed E-state index contributed by atoms with van der Waals surface area (Å²) in [7, 11) is 0. The number of aromatic nitrogens is 6. The minimum Gasteiger partial charge on any atom is -0.480 e. The smallest absolute Gasteiger partial charge is 0.418 e. The molecule has 2 aliphatic heterocycles. The molecule has 1 aromatic carbocycles. The second kappa shape index (κ2) is 8.18. The highest BCUT2D eigenvalue weighted by Gasteiger charge is 2.43. The van der Waals surface area contributed by atoms with Crippen LogP contribution < -0.4 is 9.80 Å². The van der Waals surface area contributed by atoms with Crippen LogP contribution in [0.25, 0.3) is 11.4 Å². The Hall–Kier alpha value is -3.84. The maximum absolute atomic E-state index is 13.7. The van der Waals surface area contributed by atoms with Gasteiger partial charge < -0.3 is 14.9 Å². The van der Waals surface area contributed by atoms with Crippen LogP contribution in [0.5, 0.6) is 0 Å². The van der Waals surface area contributed by atoms with E-state index in [4.69, 9.17) is 5.11 Å². The Balaban J connectivity index is 1.26. The van der Waals surface area contributed by atoms with Crippen LogP contribution in [0, 0.1) is 17.7 Å². The van der Waals surface area contributed by atoms with E-state index in [-0.39, 0.29) is 23.3 Å². The van der Waals surface area contributed by atoms with Gasteiger partial charge in [-0.2, -0.15) is 18.0 Å². The number of alkyl halides is 3. The quantitative estimate of drug-likeness (QED) is 0.550. The molecule has 0 bridgehead atoms. The van der Waals surface area contributed by atoms with Gasteiger partial charge in [0.15, 0.2) is 6.54 Å². The van der Waals surface area contributed by atoms with E-state index in [2.05, 4.69) is 25.4 Å². The zero-order chi connectivity index (χ0) is 24.0. The molecule has 5 rings (SSSR count). The molecule has 2 aliphatic rings. The summed E-state index contributed by atoms with van der Waals surface area (Å²) in [5.41, 5.74) is -0.493. The molecule has 4 heterocycles. The average molecular weight is 478 g/mol. The zero-order valence-corrected chi connectivity index (χ0v) is 17.5. The Kier molecular flexibility index (Phi) is 5.29. The normalized spacial score (nSPS) is 20.1. The number of aliphatic carboxylic acids is 1. The van der Waals surface area contributed by atoms with Crippen LogP contribution in [-0.4, -0.2) is 67.4 Å². The minimum absolute atomic E-state index is 0.0882. The van der Waals surface area contributed by atoms with Gasteiger partial charge in [0.2, 0.25) is 11.8 Å². The van der Waals surface area contributed by atoms with Crippen LogP contribution in [0.15, 0.2) is 30.6 Å². The standard InChI is InChI=1S/C20H18F4N8O2/c21-14-1-2-15(20(22,23)24)16(3-14)30-6-12-8-31(9-13(12)7-30)19-25-4-11(5-26-19)18-27-29-32(28-18)10-17(33)34/h1-5,12-13H,6-10H2,(H,33,34). The molecule has 1 N–H and O–H groups in total. The van der Waals surface area contributed by atoms with Crippen molar-refractivity contribution in [3.8, 4) is 11.4 Å². The maximum atomic E-state index is 13.7. The van der Waals surface area contributed by atoms with Crippen LogP contribution in [0.3, 0.4) is 0 Å². The van der Waals surface area contributed by atoms with Crippen molar-refractivity contribution in [1.82, 2.24) is 30.2 Å². The lowest BCUT2D eigenvalue weighted by Crippen LogP contribution is -2.30. The van der Waals surface area contributed by atoms with Crippen molar-refractivity contribution in [2.24, 2.45) is 11.8 Å². The number of hydrogen-bond donors (Lipinski definition) is 1. The molecule has 2 fully saturated rings. The summed E-state index contributed by atoms with van der Waals surface area (Å²) < 4.78 is 53.9. The van der Waals surface area contributed by atoms with Crippen molar-refractivity contribution in [2.45, 2.75) is 12.7 Å². The first-order chi connectivity index (χ1) is 16.2. The molecule has 2 saturated heterocycles. The number of carboxylic acids is 1. The first-order valence-corrected chi connectivity index (χ1v) is 10.4. The number of anilines is 2. The summed E-state index contributed by atoms with van der Waals surface area (Å²) in [4.78, 5) is 23.9. The highest BCUT2D eigenvalue weighted by Crippen LogP contribution is 2.41. The first kappa shape index (κ1) is 22.0. The van der Waals surface area contributed by atoms with E-state index in [1.54, 1.807) is 4.90 Å². The van der Waals surface area contributed by atoms with E-state index >= 15 is 0 Å². The fourth-order valence-electron chi connectivity index (χ4n) is 4.51. The van der Waals surface area contributed by atoms with Gasteiger partial charge in [0.1, 0.15) is 5.82 Å². The lowest BCUT2D eigenvalue weighted by molar-refractivity contribution is -0.138. The molecule has 0 saturated carbocycles. The number of fused-ring (bicyclic) bond motifs is 1. The zero-order valence-electron chi connectivity index (χ0n) is 17.5. The number of hydrogen-bond acceptors (Lipinski definition) is 8. The van der Waals surface area contributed by atoms with E-state index in [0.29, 0.717) is 37.7 Å². The van der Waals surface area contributed by atoms with E-state index in [0.717, 1.165) is 23.0 Å². The van der Waals surface area contributed by atoms with E-state index < -0.39 is 30.1 Å². The molecule has 2 atom stereocenters. The van der Waals surface area contributed by atoms with Crippen LogP contribution >= 0.6 is 0 Å². The number of carboxylic acid groups (broad SMARTS) is 1. The van der Waals surface area contributed by atoms with Crippen molar-refractivity contribution in [3.63, 3.8) is 0 Å². The molecule has 178 valence electrons. The van der Waals surface area contributed by atoms with Gasteiger partial charge in [0.25, 0.3) is 0 Å². The third kappa shape index (κ3) is 4.22.